The van der Waals surface area contributed by atoms with E-state index in [4.69, 9.17) is 10.5 Å². The van der Waals surface area contributed by atoms with Crippen LogP contribution in [0.1, 0.15) is 21.5 Å². The Hall–Kier alpha value is -2.49. The largest absolute Gasteiger partial charge is 0.496 e. The van der Waals surface area contributed by atoms with Gasteiger partial charge < -0.3 is 15.8 Å². The molecule has 0 aromatic heterocycles. The molecule has 0 atom stereocenters. The Morgan fingerprint density at radius 2 is 1.90 bits per heavy atom. The summed E-state index contributed by atoms with van der Waals surface area (Å²) < 4.78 is 5.22. The molecule has 4 nitrogen and oxygen atoms in total. The Morgan fingerprint density at radius 3 is 2.57 bits per heavy atom. The fourth-order valence-electron chi connectivity index (χ4n) is 2.10. The van der Waals surface area contributed by atoms with Crippen molar-refractivity contribution in [2.24, 2.45) is 0 Å². The second kappa shape index (κ2) is 6.79. The second-order valence-electron chi connectivity index (χ2n) is 4.95. The highest BCUT2D eigenvalue weighted by Gasteiger charge is 2.11. The number of nitrogen functional groups attached to an aromatic ring is 1. The van der Waals surface area contributed by atoms with Gasteiger partial charge in [0.2, 0.25) is 0 Å². The topological polar surface area (TPSA) is 64.3 Å². The molecule has 3 N–H and O–H groups in total. The van der Waals surface area contributed by atoms with E-state index in [2.05, 4.69) is 5.32 Å². The minimum absolute atomic E-state index is 0.119. The van der Waals surface area contributed by atoms with Gasteiger partial charge in [0.05, 0.1) is 12.7 Å². The summed E-state index contributed by atoms with van der Waals surface area (Å²) in [6.45, 7) is 2.52. The van der Waals surface area contributed by atoms with Crippen molar-refractivity contribution in [1.82, 2.24) is 5.32 Å². The number of hydrogen-bond donors (Lipinski definition) is 2. The first-order valence-electron chi connectivity index (χ1n) is 6.87. The Bertz CT molecular complexity index is 621. The SMILES string of the molecule is COc1ccc(C)cc1C(=O)NCCc1ccc(N)cc1. The van der Waals surface area contributed by atoms with Gasteiger partial charge in [-0.25, -0.2) is 0 Å². The molecule has 0 bridgehead atoms. The van der Waals surface area contributed by atoms with Crippen LogP contribution in [0, 0.1) is 6.92 Å². The highest BCUT2D eigenvalue weighted by Crippen LogP contribution is 2.19. The Kier molecular flexibility index (Phi) is 4.82. The minimum Gasteiger partial charge on any atom is -0.496 e. The molecule has 0 heterocycles. The maximum atomic E-state index is 12.2. The van der Waals surface area contributed by atoms with Crippen molar-refractivity contribution in [2.75, 3.05) is 19.4 Å². The number of anilines is 1. The standard InChI is InChI=1S/C17H20N2O2/c1-12-3-8-16(21-2)15(11-12)17(20)19-10-9-13-4-6-14(18)7-5-13/h3-8,11H,9-10,18H2,1-2H3,(H,19,20). The average Bonchev–Trinajstić information content (AvgIpc) is 2.49. The van der Waals surface area contributed by atoms with Crippen LogP contribution in [0.3, 0.4) is 0 Å². The average molecular weight is 284 g/mol. The highest BCUT2D eigenvalue weighted by molar-refractivity contribution is 5.97. The second-order valence-corrected chi connectivity index (χ2v) is 4.95. The van der Waals surface area contributed by atoms with Gasteiger partial charge in [0.25, 0.3) is 5.91 Å². The van der Waals surface area contributed by atoms with Crippen molar-refractivity contribution < 1.29 is 9.53 Å². The lowest BCUT2D eigenvalue weighted by Crippen LogP contribution is -2.26. The van der Waals surface area contributed by atoms with Crippen LogP contribution in [0.4, 0.5) is 5.69 Å². The van der Waals surface area contributed by atoms with Crippen LogP contribution in [0.5, 0.6) is 5.75 Å². The van der Waals surface area contributed by atoms with E-state index in [1.165, 1.54) is 0 Å². The van der Waals surface area contributed by atoms with Crippen molar-refractivity contribution in [3.63, 3.8) is 0 Å². The van der Waals surface area contributed by atoms with E-state index >= 15 is 0 Å². The van der Waals surface area contributed by atoms with Gasteiger partial charge in [0, 0.05) is 12.2 Å². The number of carbonyl (C=O) groups is 1. The van der Waals surface area contributed by atoms with Crippen LogP contribution in [0.15, 0.2) is 42.5 Å². The molecule has 0 saturated heterocycles. The van der Waals surface area contributed by atoms with Crippen LogP contribution in [-0.4, -0.2) is 19.6 Å². The van der Waals surface area contributed by atoms with Crippen molar-refractivity contribution in [3.05, 3.63) is 59.2 Å². The van der Waals surface area contributed by atoms with Crippen LogP contribution < -0.4 is 15.8 Å². The van der Waals surface area contributed by atoms with E-state index in [-0.39, 0.29) is 5.91 Å². The summed E-state index contributed by atoms with van der Waals surface area (Å²) in [6.07, 6.45) is 0.764. The maximum Gasteiger partial charge on any atom is 0.255 e. The number of nitrogens with one attached hydrogen (secondary N) is 1. The van der Waals surface area contributed by atoms with Gasteiger partial charge in [-0.3, -0.25) is 4.79 Å². The van der Waals surface area contributed by atoms with Gasteiger partial charge in [-0.05, 0) is 43.2 Å². The van der Waals surface area contributed by atoms with E-state index < -0.39 is 0 Å². The first-order chi connectivity index (χ1) is 10.1. The number of ether oxygens (including phenoxy) is 1. The van der Waals surface area contributed by atoms with Gasteiger partial charge in [-0.2, -0.15) is 0 Å². The zero-order valence-corrected chi connectivity index (χ0v) is 12.3. The molecule has 0 aliphatic rings. The van der Waals surface area contributed by atoms with E-state index in [0.717, 1.165) is 23.2 Å². The third-order valence-electron chi connectivity index (χ3n) is 3.28. The molecule has 2 rings (SSSR count). The molecule has 21 heavy (non-hydrogen) atoms. The van der Waals surface area contributed by atoms with E-state index in [1.54, 1.807) is 7.11 Å². The third kappa shape index (κ3) is 3.99. The van der Waals surface area contributed by atoms with Gasteiger partial charge >= 0.3 is 0 Å². The molecule has 0 fully saturated rings. The summed E-state index contributed by atoms with van der Waals surface area (Å²) in [4.78, 5) is 12.2. The lowest BCUT2D eigenvalue weighted by Gasteiger charge is -2.10. The smallest absolute Gasteiger partial charge is 0.255 e. The Morgan fingerprint density at radius 1 is 1.19 bits per heavy atom. The fourth-order valence-corrected chi connectivity index (χ4v) is 2.10. The number of carbonyl (C=O) groups excluding carboxylic acids is 1. The third-order valence-corrected chi connectivity index (χ3v) is 3.28. The lowest BCUT2D eigenvalue weighted by molar-refractivity contribution is 0.0951. The molecule has 0 aliphatic heterocycles. The molecule has 2 aromatic carbocycles. The van der Waals surface area contributed by atoms with Crippen molar-refractivity contribution in [3.8, 4) is 5.75 Å². The lowest BCUT2D eigenvalue weighted by atomic mass is 10.1. The molecule has 0 aliphatic carbocycles. The monoisotopic (exact) mass is 284 g/mol. The molecule has 0 saturated carbocycles. The summed E-state index contributed by atoms with van der Waals surface area (Å²) in [5.74, 6) is 0.469. The molecule has 0 radical (unpaired) electrons. The molecule has 1 amide bonds. The summed E-state index contributed by atoms with van der Waals surface area (Å²) in [5.41, 5.74) is 9.12. The highest BCUT2D eigenvalue weighted by atomic mass is 16.5. The zero-order chi connectivity index (χ0) is 15.2. The Balaban J connectivity index is 1.95. The summed E-state index contributed by atoms with van der Waals surface area (Å²) >= 11 is 0. The van der Waals surface area contributed by atoms with Crippen molar-refractivity contribution in [1.29, 1.82) is 0 Å². The van der Waals surface area contributed by atoms with Crippen LogP contribution in [-0.2, 0) is 6.42 Å². The number of aryl methyl sites for hydroxylation is 1. The minimum atomic E-state index is -0.119. The van der Waals surface area contributed by atoms with Crippen LogP contribution in [0.25, 0.3) is 0 Å². The molecule has 4 heteroatoms. The number of nitrogens with two attached hydrogens (primary N) is 1. The number of hydrogen-bond acceptors (Lipinski definition) is 3. The molecular weight excluding hydrogens is 264 g/mol. The van der Waals surface area contributed by atoms with Crippen molar-refractivity contribution in [2.45, 2.75) is 13.3 Å². The van der Waals surface area contributed by atoms with Crippen LogP contribution >= 0.6 is 0 Å². The van der Waals surface area contributed by atoms with E-state index in [0.29, 0.717) is 17.9 Å². The summed E-state index contributed by atoms with van der Waals surface area (Å²) in [6, 6.07) is 13.2. The van der Waals surface area contributed by atoms with Gasteiger partial charge in [0.15, 0.2) is 0 Å². The first-order valence-corrected chi connectivity index (χ1v) is 6.87. The molecule has 0 spiro atoms. The quantitative estimate of drug-likeness (QED) is 0.829. The number of amides is 1. The predicted octanol–water partition coefficient (Wildman–Crippen LogP) is 2.56. The molecule has 0 unspecified atom stereocenters. The maximum absolute atomic E-state index is 12.2. The van der Waals surface area contributed by atoms with Gasteiger partial charge in [-0.1, -0.05) is 23.8 Å². The van der Waals surface area contributed by atoms with E-state index in [9.17, 15) is 4.79 Å². The molecule has 110 valence electrons. The summed E-state index contributed by atoms with van der Waals surface area (Å²) in [7, 11) is 1.57. The van der Waals surface area contributed by atoms with Gasteiger partial charge in [0.1, 0.15) is 5.75 Å². The zero-order valence-electron chi connectivity index (χ0n) is 12.3. The van der Waals surface area contributed by atoms with Crippen LogP contribution in [0.2, 0.25) is 0 Å². The number of benzene rings is 2. The number of methoxy groups -OCH3 is 1. The van der Waals surface area contributed by atoms with Crippen molar-refractivity contribution >= 4 is 11.6 Å². The summed E-state index contributed by atoms with van der Waals surface area (Å²) in [5, 5.41) is 2.91. The number of rotatable bonds is 5. The Labute approximate surface area is 124 Å². The van der Waals surface area contributed by atoms with Gasteiger partial charge in [-0.15, -0.1) is 0 Å². The fraction of sp³-hybridized carbons (Fsp3) is 0.235. The molecule has 2 aromatic rings. The molecular formula is C17H20N2O2. The first kappa shape index (κ1) is 14.9. The normalized spacial score (nSPS) is 10.2. The van der Waals surface area contributed by atoms with E-state index in [1.807, 2.05) is 49.4 Å². The predicted molar refractivity (Wildman–Crippen MR) is 84.6 cm³/mol.